The molecule has 0 bridgehead atoms. The van der Waals surface area contributed by atoms with E-state index in [4.69, 9.17) is 0 Å². The van der Waals surface area contributed by atoms with Crippen LogP contribution in [-0.4, -0.2) is 17.6 Å². The quantitative estimate of drug-likeness (QED) is 0.876. The Balaban J connectivity index is 1.77. The number of benzene rings is 1. The van der Waals surface area contributed by atoms with E-state index in [0.717, 1.165) is 12.8 Å². The number of amides is 1. The molecular weight excluding hydrogens is 269 g/mol. The minimum Gasteiger partial charge on any atom is -0.386 e. The maximum atomic E-state index is 13.5. The number of carbonyl (C=O) groups is 1. The molecule has 2 N–H and O–H groups in total. The zero-order valence-corrected chi connectivity index (χ0v) is 12.5. The molecule has 0 heterocycles. The standard InChI is InChI=1S/C17H24FNO2/c1-12-5-4-6-13(9-12)10-17(21)19-11-16(20)14-7-2-3-8-15(14)18/h2-3,7-8,12-13,16,20H,4-6,9-11H2,1H3,(H,19,21). The van der Waals surface area contributed by atoms with E-state index >= 15 is 0 Å². The molecule has 0 aliphatic heterocycles. The normalized spacial score (nSPS) is 23.6. The lowest BCUT2D eigenvalue weighted by molar-refractivity contribution is -0.122. The highest BCUT2D eigenvalue weighted by Gasteiger charge is 2.21. The van der Waals surface area contributed by atoms with Crippen LogP contribution in [0.1, 0.15) is 50.7 Å². The average Bonchev–Trinajstić information content (AvgIpc) is 2.45. The minimum absolute atomic E-state index is 0.0514. The SMILES string of the molecule is CC1CCCC(CC(=O)NCC(O)c2ccccc2F)C1. The molecule has 0 spiro atoms. The highest BCUT2D eigenvalue weighted by Crippen LogP contribution is 2.30. The van der Waals surface area contributed by atoms with Gasteiger partial charge in [-0.1, -0.05) is 38.0 Å². The van der Waals surface area contributed by atoms with Gasteiger partial charge in [0.25, 0.3) is 0 Å². The fourth-order valence-electron chi connectivity index (χ4n) is 3.15. The average molecular weight is 293 g/mol. The highest BCUT2D eigenvalue weighted by molar-refractivity contribution is 5.76. The molecule has 1 aliphatic rings. The number of aliphatic hydroxyl groups is 1. The minimum atomic E-state index is -1.000. The van der Waals surface area contributed by atoms with Crippen molar-refractivity contribution in [1.29, 1.82) is 0 Å². The third kappa shape index (κ3) is 4.81. The monoisotopic (exact) mass is 293 g/mol. The third-order valence-corrected chi connectivity index (χ3v) is 4.28. The van der Waals surface area contributed by atoms with E-state index in [1.807, 2.05) is 0 Å². The summed E-state index contributed by atoms with van der Waals surface area (Å²) in [5, 5.41) is 12.7. The smallest absolute Gasteiger partial charge is 0.220 e. The number of rotatable bonds is 5. The molecule has 0 saturated heterocycles. The first kappa shape index (κ1) is 16.0. The molecule has 0 radical (unpaired) electrons. The first-order valence-electron chi connectivity index (χ1n) is 7.75. The van der Waals surface area contributed by atoms with Crippen molar-refractivity contribution in [1.82, 2.24) is 5.32 Å². The van der Waals surface area contributed by atoms with Crippen LogP contribution in [0.25, 0.3) is 0 Å². The number of nitrogens with one attached hydrogen (secondary N) is 1. The van der Waals surface area contributed by atoms with Crippen LogP contribution in [0.15, 0.2) is 24.3 Å². The van der Waals surface area contributed by atoms with Crippen LogP contribution in [-0.2, 0) is 4.79 Å². The summed E-state index contributed by atoms with van der Waals surface area (Å²) in [4.78, 5) is 11.9. The maximum absolute atomic E-state index is 13.5. The molecule has 1 saturated carbocycles. The van der Waals surface area contributed by atoms with Crippen LogP contribution in [0.5, 0.6) is 0 Å². The zero-order chi connectivity index (χ0) is 15.2. The van der Waals surface area contributed by atoms with Crippen molar-refractivity contribution in [2.24, 2.45) is 11.8 Å². The van der Waals surface area contributed by atoms with Crippen molar-refractivity contribution in [3.63, 3.8) is 0 Å². The summed E-state index contributed by atoms with van der Waals surface area (Å²) in [6, 6.07) is 6.10. The van der Waals surface area contributed by atoms with E-state index in [1.165, 1.54) is 25.0 Å². The summed E-state index contributed by atoms with van der Waals surface area (Å²) in [5.74, 6) is 0.643. The van der Waals surface area contributed by atoms with Crippen LogP contribution in [0, 0.1) is 17.7 Å². The first-order chi connectivity index (χ1) is 10.1. The fourth-order valence-corrected chi connectivity index (χ4v) is 3.15. The van der Waals surface area contributed by atoms with Gasteiger partial charge in [-0.3, -0.25) is 4.79 Å². The molecule has 1 amide bonds. The van der Waals surface area contributed by atoms with E-state index in [9.17, 15) is 14.3 Å². The van der Waals surface area contributed by atoms with Crippen molar-refractivity contribution in [2.45, 2.75) is 45.1 Å². The van der Waals surface area contributed by atoms with Crippen molar-refractivity contribution in [3.05, 3.63) is 35.6 Å². The van der Waals surface area contributed by atoms with Crippen LogP contribution >= 0.6 is 0 Å². The molecule has 1 fully saturated rings. The lowest BCUT2D eigenvalue weighted by Crippen LogP contribution is -2.31. The van der Waals surface area contributed by atoms with Gasteiger partial charge in [-0.05, 0) is 30.7 Å². The van der Waals surface area contributed by atoms with Gasteiger partial charge in [0.05, 0.1) is 6.10 Å². The molecule has 3 atom stereocenters. The molecule has 4 heteroatoms. The van der Waals surface area contributed by atoms with Gasteiger partial charge in [0.2, 0.25) is 5.91 Å². The van der Waals surface area contributed by atoms with Crippen LogP contribution in [0.4, 0.5) is 4.39 Å². The number of halogens is 1. The second-order valence-electron chi connectivity index (χ2n) is 6.18. The van der Waals surface area contributed by atoms with Gasteiger partial charge in [-0.2, -0.15) is 0 Å². The number of hydrogen-bond acceptors (Lipinski definition) is 2. The Kier molecular flexibility index (Phi) is 5.74. The predicted octanol–water partition coefficient (Wildman–Crippen LogP) is 3.19. The van der Waals surface area contributed by atoms with Crippen molar-refractivity contribution < 1.29 is 14.3 Å². The largest absolute Gasteiger partial charge is 0.386 e. The van der Waals surface area contributed by atoms with Gasteiger partial charge in [-0.25, -0.2) is 4.39 Å². The van der Waals surface area contributed by atoms with Crippen LogP contribution in [0.2, 0.25) is 0 Å². The summed E-state index contributed by atoms with van der Waals surface area (Å²) in [5.41, 5.74) is 0.226. The number of hydrogen-bond donors (Lipinski definition) is 2. The Labute approximate surface area is 125 Å². The molecule has 1 aromatic rings. The van der Waals surface area contributed by atoms with Gasteiger partial charge >= 0.3 is 0 Å². The van der Waals surface area contributed by atoms with E-state index in [2.05, 4.69) is 12.2 Å². The molecule has 3 unspecified atom stereocenters. The molecule has 0 aromatic heterocycles. The van der Waals surface area contributed by atoms with E-state index < -0.39 is 11.9 Å². The second-order valence-corrected chi connectivity index (χ2v) is 6.18. The van der Waals surface area contributed by atoms with Crippen LogP contribution < -0.4 is 5.32 Å². The zero-order valence-electron chi connectivity index (χ0n) is 12.5. The van der Waals surface area contributed by atoms with Crippen LogP contribution in [0.3, 0.4) is 0 Å². The van der Waals surface area contributed by atoms with E-state index in [0.29, 0.717) is 18.3 Å². The van der Waals surface area contributed by atoms with E-state index in [-0.39, 0.29) is 18.0 Å². The van der Waals surface area contributed by atoms with Gasteiger partial charge in [0.15, 0.2) is 0 Å². The summed E-state index contributed by atoms with van der Waals surface area (Å²) in [7, 11) is 0. The number of carbonyl (C=O) groups excluding carboxylic acids is 1. The van der Waals surface area contributed by atoms with Gasteiger partial charge in [0.1, 0.15) is 5.82 Å². The Morgan fingerprint density at radius 1 is 1.43 bits per heavy atom. The molecule has 3 nitrogen and oxygen atoms in total. The lowest BCUT2D eigenvalue weighted by atomic mass is 9.81. The molecule has 2 rings (SSSR count). The Hall–Kier alpha value is -1.42. The maximum Gasteiger partial charge on any atom is 0.220 e. The second kappa shape index (κ2) is 7.55. The molecule has 21 heavy (non-hydrogen) atoms. The third-order valence-electron chi connectivity index (χ3n) is 4.28. The Morgan fingerprint density at radius 3 is 2.90 bits per heavy atom. The molecule has 1 aromatic carbocycles. The summed E-state index contributed by atoms with van der Waals surface area (Å²) < 4.78 is 13.5. The van der Waals surface area contributed by atoms with Gasteiger partial charge < -0.3 is 10.4 Å². The van der Waals surface area contributed by atoms with Crippen molar-refractivity contribution in [2.75, 3.05) is 6.54 Å². The summed E-state index contributed by atoms with van der Waals surface area (Å²) >= 11 is 0. The van der Waals surface area contributed by atoms with Gasteiger partial charge in [-0.15, -0.1) is 0 Å². The van der Waals surface area contributed by atoms with Crippen molar-refractivity contribution >= 4 is 5.91 Å². The predicted molar refractivity (Wildman–Crippen MR) is 80.1 cm³/mol. The highest BCUT2D eigenvalue weighted by atomic mass is 19.1. The summed E-state index contributed by atoms with van der Waals surface area (Å²) in [6.07, 6.45) is 4.16. The lowest BCUT2D eigenvalue weighted by Gasteiger charge is -2.26. The number of aliphatic hydroxyl groups excluding tert-OH is 1. The topological polar surface area (TPSA) is 49.3 Å². The van der Waals surface area contributed by atoms with Gasteiger partial charge in [0, 0.05) is 18.5 Å². The molecule has 116 valence electrons. The van der Waals surface area contributed by atoms with E-state index in [1.54, 1.807) is 12.1 Å². The first-order valence-corrected chi connectivity index (χ1v) is 7.75. The Bertz CT molecular complexity index is 478. The molecule has 1 aliphatic carbocycles. The summed E-state index contributed by atoms with van der Waals surface area (Å²) in [6.45, 7) is 2.29. The van der Waals surface area contributed by atoms with Crippen molar-refractivity contribution in [3.8, 4) is 0 Å². The Morgan fingerprint density at radius 2 is 2.19 bits per heavy atom. The fraction of sp³-hybridized carbons (Fsp3) is 0.588. The molecular formula is C17H24FNO2.